The Bertz CT molecular complexity index is 1170. The summed E-state index contributed by atoms with van der Waals surface area (Å²) in [5.74, 6) is -0.544. The summed E-state index contributed by atoms with van der Waals surface area (Å²) in [5, 5.41) is 4.50. The number of aryl methyl sites for hydroxylation is 1. The lowest BCUT2D eigenvalue weighted by molar-refractivity contribution is 0.0517. The molecule has 7 nitrogen and oxygen atoms in total. The van der Waals surface area contributed by atoms with Gasteiger partial charge in [0.1, 0.15) is 0 Å². The number of fused-ring (bicyclic) bond motifs is 1. The van der Waals surface area contributed by atoms with Crippen LogP contribution in [0, 0.1) is 6.92 Å². The lowest BCUT2D eigenvalue weighted by atomic mass is 10.1. The maximum atomic E-state index is 13.2. The molecular weight excluding hydrogens is 402 g/mol. The highest BCUT2D eigenvalue weighted by molar-refractivity contribution is 7.89. The summed E-state index contributed by atoms with van der Waals surface area (Å²) < 4.78 is 34.7. The van der Waals surface area contributed by atoms with Crippen LogP contribution >= 0.6 is 0 Å². The van der Waals surface area contributed by atoms with Crippen LogP contribution in [0.1, 0.15) is 34.2 Å². The lowest BCUT2D eigenvalue weighted by Crippen LogP contribution is -2.36. The summed E-state index contributed by atoms with van der Waals surface area (Å²) in [5.41, 5.74) is 3.40. The van der Waals surface area contributed by atoms with Gasteiger partial charge in [-0.1, -0.05) is 35.9 Å². The van der Waals surface area contributed by atoms with E-state index < -0.39 is 16.0 Å². The number of sulfonamides is 1. The molecule has 2 aromatic carbocycles. The number of hydrogen-bond donors (Lipinski definition) is 0. The molecule has 4 rings (SSSR count). The largest absolute Gasteiger partial charge is 0.461 e. The smallest absolute Gasteiger partial charge is 0.359 e. The van der Waals surface area contributed by atoms with Gasteiger partial charge >= 0.3 is 5.97 Å². The third kappa shape index (κ3) is 3.64. The molecule has 1 aliphatic rings. The van der Waals surface area contributed by atoms with Gasteiger partial charge in [-0.3, -0.25) is 0 Å². The van der Waals surface area contributed by atoms with Gasteiger partial charge < -0.3 is 4.74 Å². The predicted molar refractivity (Wildman–Crippen MR) is 112 cm³/mol. The van der Waals surface area contributed by atoms with Gasteiger partial charge in [-0.2, -0.15) is 9.40 Å². The van der Waals surface area contributed by atoms with Gasteiger partial charge in [0.15, 0.2) is 5.69 Å². The van der Waals surface area contributed by atoms with Crippen molar-refractivity contribution in [3.05, 3.63) is 77.1 Å². The van der Waals surface area contributed by atoms with Crippen molar-refractivity contribution in [1.29, 1.82) is 0 Å². The first kappa shape index (κ1) is 20.3. The highest BCUT2D eigenvalue weighted by Gasteiger charge is 2.34. The molecule has 0 saturated heterocycles. The van der Waals surface area contributed by atoms with Crippen LogP contribution in [0.3, 0.4) is 0 Å². The topological polar surface area (TPSA) is 81.5 Å². The Hall–Kier alpha value is -2.97. The number of hydrogen-bond acceptors (Lipinski definition) is 5. The molecule has 0 bridgehead atoms. The Kier molecular flexibility index (Phi) is 5.44. The molecule has 8 heteroatoms. The number of aromatic nitrogens is 2. The van der Waals surface area contributed by atoms with Crippen molar-refractivity contribution in [2.24, 2.45) is 0 Å². The molecule has 0 radical (unpaired) electrons. The predicted octanol–water partition coefficient (Wildman–Crippen LogP) is 3.10. The summed E-state index contributed by atoms with van der Waals surface area (Å²) in [6, 6.07) is 16.3. The molecule has 0 spiro atoms. The number of nitrogens with zero attached hydrogens (tertiary/aromatic N) is 3. The van der Waals surface area contributed by atoms with Crippen LogP contribution in [0.15, 0.2) is 59.5 Å². The third-order valence-corrected chi connectivity index (χ3v) is 7.01. The van der Waals surface area contributed by atoms with Crippen LogP contribution < -0.4 is 0 Å². The molecule has 0 amide bonds. The quantitative estimate of drug-likeness (QED) is 0.587. The van der Waals surface area contributed by atoms with E-state index in [0.29, 0.717) is 18.5 Å². The van der Waals surface area contributed by atoms with E-state index in [4.69, 9.17) is 4.74 Å². The average molecular weight is 426 g/mol. The van der Waals surface area contributed by atoms with E-state index in [1.807, 2.05) is 37.3 Å². The van der Waals surface area contributed by atoms with Crippen molar-refractivity contribution in [3.8, 4) is 5.69 Å². The summed E-state index contributed by atoms with van der Waals surface area (Å²) in [6.45, 7) is 4.24. The second-order valence-corrected chi connectivity index (χ2v) is 9.08. The zero-order chi connectivity index (χ0) is 21.3. The van der Waals surface area contributed by atoms with Gasteiger partial charge in [-0.25, -0.2) is 17.9 Å². The summed E-state index contributed by atoms with van der Waals surface area (Å²) in [4.78, 5) is 12.8. The van der Waals surface area contributed by atoms with Crippen molar-refractivity contribution in [3.63, 3.8) is 0 Å². The maximum absolute atomic E-state index is 13.2. The van der Waals surface area contributed by atoms with E-state index in [1.165, 1.54) is 4.31 Å². The van der Waals surface area contributed by atoms with Gasteiger partial charge in [0.2, 0.25) is 10.0 Å². The number of para-hydroxylation sites is 1. The summed E-state index contributed by atoms with van der Waals surface area (Å²) in [7, 11) is -3.69. The molecule has 1 aromatic heterocycles. The number of ether oxygens (including phenoxy) is 1. The van der Waals surface area contributed by atoms with Crippen molar-refractivity contribution in [2.75, 3.05) is 13.2 Å². The van der Waals surface area contributed by atoms with Gasteiger partial charge in [0.25, 0.3) is 0 Å². The molecule has 30 heavy (non-hydrogen) atoms. The maximum Gasteiger partial charge on any atom is 0.359 e. The highest BCUT2D eigenvalue weighted by Crippen LogP contribution is 2.29. The molecule has 0 fully saturated rings. The van der Waals surface area contributed by atoms with Gasteiger partial charge in [-0.05, 0) is 38.1 Å². The van der Waals surface area contributed by atoms with Gasteiger partial charge in [-0.15, -0.1) is 0 Å². The van der Waals surface area contributed by atoms with Crippen molar-refractivity contribution in [1.82, 2.24) is 14.1 Å². The minimum absolute atomic E-state index is 0.0759. The third-order valence-electron chi connectivity index (χ3n) is 5.15. The molecule has 0 saturated carbocycles. The molecule has 0 unspecified atom stereocenters. The molecule has 3 aromatic rings. The van der Waals surface area contributed by atoms with Crippen LogP contribution in [-0.2, 0) is 27.7 Å². The Morgan fingerprint density at radius 3 is 2.47 bits per heavy atom. The Morgan fingerprint density at radius 2 is 1.80 bits per heavy atom. The summed E-state index contributed by atoms with van der Waals surface area (Å²) >= 11 is 0. The minimum Gasteiger partial charge on any atom is -0.461 e. The van der Waals surface area contributed by atoms with E-state index in [9.17, 15) is 13.2 Å². The zero-order valence-corrected chi connectivity index (χ0v) is 17.7. The number of carbonyl (C=O) groups is 1. The number of benzene rings is 2. The fourth-order valence-electron chi connectivity index (χ4n) is 3.60. The Morgan fingerprint density at radius 1 is 1.10 bits per heavy atom. The molecule has 156 valence electrons. The SMILES string of the molecule is CCOC(=O)c1nn(-c2ccccc2)c2c1CN(S(=O)(=O)c1ccc(C)cc1)CC2. The van der Waals surface area contributed by atoms with Crippen LogP contribution in [0.4, 0.5) is 0 Å². The van der Waals surface area contributed by atoms with E-state index in [0.717, 1.165) is 16.9 Å². The van der Waals surface area contributed by atoms with Crippen LogP contribution in [-0.4, -0.2) is 41.6 Å². The minimum atomic E-state index is -3.69. The first-order valence-corrected chi connectivity index (χ1v) is 11.3. The van der Waals surface area contributed by atoms with Crippen molar-refractivity contribution < 1.29 is 17.9 Å². The lowest BCUT2D eigenvalue weighted by Gasteiger charge is -2.27. The normalized spacial score (nSPS) is 14.3. The Balaban J connectivity index is 1.75. The molecule has 2 heterocycles. The van der Waals surface area contributed by atoms with Crippen molar-refractivity contribution >= 4 is 16.0 Å². The monoisotopic (exact) mass is 425 g/mol. The van der Waals surface area contributed by atoms with E-state index >= 15 is 0 Å². The molecule has 0 atom stereocenters. The van der Waals surface area contributed by atoms with Crippen molar-refractivity contribution in [2.45, 2.75) is 31.7 Å². The fourth-order valence-corrected chi connectivity index (χ4v) is 5.01. The molecular formula is C22H23N3O4S. The van der Waals surface area contributed by atoms with Gasteiger partial charge in [0.05, 0.1) is 22.9 Å². The second-order valence-electron chi connectivity index (χ2n) is 7.14. The van der Waals surface area contributed by atoms with Gasteiger partial charge in [0, 0.05) is 25.1 Å². The van der Waals surface area contributed by atoms with E-state index in [2.05, 4.69) is 5.10 Å². The van der Waals surface area contributed by atoms with E-state index in [1.54, 1.807) is 35.9 Å². The van der Waals surface area contributed by atoms with Crippen LogP contribution in [0.25, 0.3) is 5.69 Å². The highest BCUT2D eigenvalue weighted by atomic mass is 32.2. The van der Waals surface area contributed by atoms with Crippen LogP contribution in [0.5, 0.6) is 0 Å². The first-order chi connectivity index (χ1) is 14.4. The first-order valence-electron chi connectivity index (χ1n) is 9.82. The Labute approximate surface area is 175 Å². The number of carbonyl (C=O) groups excluding carboxylic acids is 1. The van der Waals surface area contributed by atoms with Crippen LogP contribution in [0.2, 0.25) is 0 Å². The number of rotatable bonds is 5. The molecule has 0 aliphatic carbocycles. The molecule has 0 N–H and O–H groups in total. The second kappa shape index (κ2) is 8.04. The number of esters is 1. The fraction of sp³-hybridized carbons (Fsp3) is 0.273. The summed E-state index contributed by atoms with van der Waals surface area (Å²) in [6.07, 6.45) is 0.446. The zero-order valence-electron chi connectivity index (χ0n) is 16.9. The van der Waals surface area contributed by atoms with E-state index in [-0.39, 0.29) is 23.7 Å². The molecule has 1 aliphatic heterocycles. The average Bonchev–Trinajstić information content (AvgIpc) is 3.14. The standard InChI is InChI=1S/C22H23N3O4S/c1-3-29-22(26)21-19-15-24(30(27,28)18-11-9-16(2)10-12-18)14-13-20(19)25(23-21)17-7-5-4-6-8-17/h4-12H,3,13-15H2,1-2H3.